The highest BCUT2D eigenvalue weighted by Gasteiger charge is 2.17. The van der Waals surface area contributed by atoms with Crippen molar-refractivity contribution in [2.75, 3.05) is 32.0 Å². The van der Waals surface area contributed by atoms with Gasteiger partial charge in [-0.1, -0.05) is 0 Å². The average Bonchev–Trinajstić information content (AvgIpc) is 2.77. The van der Waals surface area contributed by atoms with Crippen LogP contribution >= 0.6 is 11.3 Å². The lowest BCUT2D eigenvalue weighted by Crippen LogP contribution is -2.30. The van der Waals surface area contributed by atoms with E-state index < -0.39 is 0 Å². The van der Waals surface area contributed by atoms with Crippen molar-refractivity contribution in [2.24, 2.45) is 5.92 Å². The Balaban J connectivity index is 1.63. The zero-order chi connectivity index (χ0) is 14.8. The molecule has 1 fully saturated rings. The highest BCUT2D eigenvalue weighted by atomic mass is 32.1. The molecule has 0 saturated carbocycles. The first kappa shape index (κ1) is 14.7. The number of thiophene rings is 1. The fourth-order valence-corrected chi connectivity index (χ4v) is 4.06. The highest BCUT2D eigenvalue weighted by Crippen LogP contribution is 2.32. The molecule has 3 heterocycles. The van der Waals surface area contributed by atoms with Crippen molar-refractivity contribution in [3.05, 3.63) is 16.8 Å². The highest BCUT2D eigenvalue weighted by molar-refractivity contribution is 7.18. The van der Waals surface area contributed by atoms with Crippen LogP contribution in [-0.2, 0) is 0 Å². The Morgan fingerprint density at radius 3 is 2.81 bits per heavy atom. The van der Waals surface area contributed by atoms with E-state index in [0.29, 0.717) is 0 Å². The molecule has 3 rings (SSSR count). The van der Waals surface area contributed by atoms with Crippen LogP contribution in [0.25, 0.3) is 10.2 Å². The largest absolute Gasteiger partial charge is 0.369 e. The van der Waals surface area contributed by atoms with Gasteiger partial charge in [0.25, 0.3) is 0 Å². The topological polar surface area (TPSA) is 41.1 Å². The van der Waals surface area contributed by atoms with Gasteiger partial charge < -0.3 is 10.2 Å². The summed E-state index contributed by atoms with van der Waals surface area (Å²) >= 11 is 1.76. The van der Waals surface area contributed by atoms with E-state index in [-0.39, 0.29) is 0 Å². The van der Waals surface area contributed by atoms with Crippen LogP contribution < -0.4 is 5.32 Å². The number of aromatic nitrogens is 2. The fraction of sp³-hybridized carbons (Fsp3) is 0.625. The van der Waals surface area contributed by atoms with Crippen LogP contribution in [0.5, 0.6) is 0 Å². The summed E-state index contributed by atoms with van der Waals surface area (Å²) < 4.78 is 0. The van der Waals surface area contributed by atoms with Crippen molar-refractivity contribution in [2.45, 2.75) is 33.1 Å². The van der Waals surface area contributed by atoms with E-state index in [1.165, 1.54) is 48.2 Å². The normalized spacial score (nSPS) is 17.5. The van der Waals surface area contributed by atoms with E-state index in [4.69, 9.17) is 0 Å². The number of aryl methyl sites for hydroxylation is 2. The molecule has 5 heteroatoms. The maximum absolute atomic E-state index is 4.45. The van der Waals surface area contributed by atoms with Crippen molar-refractivity contribution in [3.63, 3.8) is 0 Å². The zero-order valence-electron chi connectivity index (χ0n) is 13.1. The first-order valence-electron chi connectivity index (χ1n) is 7.78. The van der Waals surface area contributed by atoms with E-state index in [1.807, 2.05) is 0 Å². The minimum Gasteiger partial charge on any atom is -0.369 e. The molecule has 1 saturated heterocycles. The summed E-state index contributed by atoms with van der Waals surface area (Å²) in [5.41, 5.74) is 1.32. The molecular weight excluding hydrogens is 280 g/mol. The molecule has 0 radical (unpaired) electrons. The molecule has 21 heavy (non-hydrogen) atoms. The van der Waals surface area contributed by atoms with E-state index in [9.17, 15) is 0 Å². The standard InChI is InChI=1S/C16H24N4S/c1-11-12(2)21-16-14(11)15(18-10-19-16)17-7-4-13-5-8-20(3)9-6-13/h10,13H,4-9H2,1-3H3,(H,17,18,19). The summed E-state index contributed by atoms with van der Waals surface area (Å²) in [6.07, 6.45) is 5.57. The summed E-state index contributed by atoms with van der Waals surface area (Å²) in [6, 6.07) is 0. The molecule has 2 aromatic rings. The van der Waals surface area contributed by atoms with Gasteiger partial charge in [0.1, 0.15) is 17.0 Å². The fourth-order valence-electron chi connectivity index (χ4n) is 3.06. The number of anilines is 1. The summed E-state index contributed by atoms with van der Waals surface area (Å²) in [7, 11) is 2.22. The molecule has 0 bridgehead atoms. The lowest BCUT2D eigenvalue weighted by atomic mass is 9.94. The van der Waals surface area contributed by atoms with Gasteiger partial charge in [0.05, 0.1) is 5.39 Å². The van der Waals surface area contributed by atoms with Crippen LogP contribution in [0.2, 0.25) is 0 Å². The Kier molecular flexibility index (Phi) is 4.40. The van der Waals surface area contributed by atoms with Gasteiger partial charge in [-0.05, 0) is 64.7 Å². The molecule has 0 spiro atoms. The van der Waals surface area contributed by atoms with Gasteiger partial charge in [-0.2, -0.15) is 0 Å². The number of hydrogen-bond donors (Lipinski definition) is 1. The Hall–Kier alpha value is -1.20. The Labute approximate surface area is 130 Å². The number of hydrogen-bond acceptors (Lipinski definition) is 5. The molecule has 0 aromatic carbocycles. The maximum atomic E-state index is 4.45. The Bertz CT molecular complexity index is 614. The van der Waals surface area contributed by atoms with Gasteiger partial charge in [0.15, 0.2) is 0 Å². The molecular formula is C16H24N4S. The second-order valence-corrected chi connectivity index (χ2v) is 7.35. The molecule has 1 aliphatic rings. The smallest absolute Gasteiger partial charge is 0.138 e. The third-order valence-corrected chi connectivity index (χ3v) is 5.76. The third kappa shape index (κ3) is 3.19. The first-order chi connectivity index (χ1) is 10.1. The van der Waals surface area contributed by atoms with E-state index in [0.717, 1.165) is 23.1 Å². The third-order valence-electron chi connectivity index (χ3n) is 4.65. The van der Waals surface area contributed by atoms with Crippen LogP contribution in [0.4, 0.5) is 5.82 Å². The molecule has 114 valence electrons. The van der Waals surface area contributed by atoms with Crippen LogP contribution in [0.1, 0.15) is 29.7 Å². The van der Waals surface area contributed by atoms with Gasteiger partial charge in [-0.3, -0.25) is 0 Å². The summed E-state index contributed by atoms with van der Waals surface area (Å²) in [6.45, 7) is 7.81. The number of piperidine rings is 1. The molecule has 1 aliphatic heterocycles. The maximum Gasteiger partial charge on any atom is 0.138 e. The van der Waals surface area contributed by atoms with Crippen molar-refractivity contribution >= 4 is 27.4 Å². The van der Waals surface area contributed by atoms with E-state index in [1.54, 1.807) is 17.7 Å². The predicted molar refractivity (Wildman–Crippen MR) is 90.2 cm³/mol. The lowest BCUT2D eigenvalue weighted by molar-refractivity contribution is 0.215. The number of rotatable bonds is 4. The van der Waals surface area contributed by atoms with Crippen LogP contribution in [0.15, 0.2) is 6.33 Å². The molecule has 0 aliphatic carbocycles. The number of likely N-dealkylation sites (tertiary alicyclic amines) is 1. The van der Waals surface area contributed by atoms with Gasteiger partial charge in [-0.25, -0.2) is 9.97 Å². The van der Waals surface area contributed by atoms with Gasteiger partial charge in [0, 0.05) is 11.4 Å². The lowest BCUT2D eigenvalue weighted by Gasteiger charge is -2.28. The molecule has 0 amide bonds. The number of nitrogens with one attached hydrogen (secondary N) is 1. The van der Waals surface area contributed by atoms with Crippen molar-refractivity contribution in [1.82, 2.24) is 14.9 Å². The summed E-state index contributed by atoms with van der Waals surface area (Å²) in [5, 5.41) is 4.75. The molecule has 2 aromatic heterocycles. The van der Waals surface area contributed by atoms with Crippen LogP contribution in [0.3, 0.4) is 0 Å². The molecule has 0 atom stereocenters. The predicted octanol–water partition coefficient (Wildman–Crippen LogP) is 3.45. The molecule has 1 N–H and O–H groups in total. The zero-order valence-corrected chi connectivity index (χ0v) is 14.0. The van der Waals surface area contributed by atoms with Crippen molar-refractivity contribution < 1.29 is 0 Å². The van der Waals surface area contributed by atoms with Gasteiger partial charge in [0.2, 0.25) is 0 Å². The minimum atomic E-state index is 0.858. The number of fused-ring (bicyclic) bond motifs is 1. The Morgan fingerprint density at radius 2 is 2.05 bits per heavy atom. The second kappa shape index (κ2) is 6.28. The van der Waals surface area contributed by atoms with E-state index >= 15 is 0 Å². The van der Waals surface area contributed by atoms with E-state index in [2.05, 4.69) is 41.1 Å². The second-order valence-electron chi connectivity index (χ2n) is 6.15. The first-order valence-corrected chi connectivity index (χ1v) is 8.60. The van der Waals surface area contributed by atoms with Crippen LogP contribution in [0, 0.1) is 19.8 Å². The molecule has 4 nitrogen and oxygen atoms in total. The molecule has 0 unspecified atom stereocenters. The SMILES string of the molecule is Cc1sc2ncnc(NCCC3CCN(C)CC3)c2c1C. The number of nitrogens with zero attached hydrogens (tertiary/aromatic N) is 3. The monoisotopic (exact) mass is 304 g/mol. The summed E-state index contributed by atoms with van der Waals surface area (Å²) in [5.74, 6) is 1.87. The van der Waals surface area contributed by atoms with Gasteiger partial charge >= 0.3 is 0 Å². The Morgan fingerprint density at radius 1 is 1.29 bits per heavy atom. The summed E-state index contributed by atoms with van der Waals surface area (Å²) in [4.78, 5) is 13.7. The van der Waals surface area contributed by atoms with Gasteiger partial charge in [-0.15, -0.1) is 11.3 Å². The van der Waals surface area contributed by atoms with Crippen molar-refractivity contribution in [1.29, 1.82) is 0 Å². The average molecular weight is 304 g/mol. The minimum absolute atomic E-state index is 0.858. The quantitative estimate of drug-likeness (QED) is 0.939. The van der Waals surface area contributed by atoms with Crippen molar-refractivity contribution in [3.8, 4) is 0 Å². The van der Waals surface area contributed by atoms with Crippen LogP contribution in [-0.4, -0.2) is 41.5 Å².